The third kappa shape index (κ3) is 5.63. The zero-order valence-corrected chi connectivity index (χ0v) is 23.6. The SMILES string of the molecule is CCC1CCN(c2ccc(C(=O)Cc3ccc4c(cnn4-c4ccc(CC(=O)c5cccs5)cc4)c3)cc2)CC1. The van der Waals surface area contributed by atoms with Crippen molar-refractivity contribution in [2.24, 2.45) is 5.92 Å². The fourth-order valence-corrected chi connectivity index (χ4v) is 6.27. The van der Waals surface area contributed by atoms with Gasteiger partial charge in [0.15, 0.2) is 11.6 Å². The zero-order valence-electron chi connectivity index (χ0n) is 22.8. The number of hydrogen-bond donors (Lipinski definition) is 0. The van der Waals surface area contributed by atoms with Gasteiger partial charge in [0.1, 0.15) is 0 Å². The topological polar surface area (TPSA) is 55.2 Å². The van der Waals surface area contributed by atoms with Crippen molar-refractivity contribution in [3.63, 3.8) is 0 Å². The van der Waals surface area contributed by atoms with Gasteiger partial charge < -0.3 is 4.90 Å². The van der Waals surface area contributed by atoms with Crippen LogP contribution in [0, 0.1) is 5.92 Å². The molecule has 3 heterocycles. The maximum absolute atomic E-state index is 13.1. The Morgan fingerprint density at radius 3 is 2.25 bits per heavy atom. The number of ketones is 2. The first-order valence-electron chi connectivity index (χ1n) is 14.1. The molecule has 2 aromatic heterocycles. The van der Waals surface area contributed by atoms with E-state index in [1.54, 1.807) is 0 Å². The Labute approximate surface area is 239 Å². The Balaban J connectivity index is 1.10. The molecule has 6 rings (SSSR count). The van der Waals surface area contributed by atoms with E-state index in [-0.39, 0.29) is 11.6 Å². The van der Waals surface area contributed by atoms with Crippen LogP contribution in [0.15, 0.2) is 90.4 Å². The molecule has 40 heavy (non-hydrogen) atoms. The Kier molecular flexibility index (Phi) is 7.60. The molecule has 0 unspecified atom stereocenters. The number of hydrogen-bond acceptors (Lipinski definition) is 5. The van der Waals surface area contributed by atoms with Crippen molar-refractivity contribution in [1.29, 1.82) is 0 Å². The van der Waals surface area contributed by atoms with Crippen LogP contribution in [0.1, 0.15) is 57.3 Å². The van der Waals surface area contributed by atoms with Crippen molar-refractivity contribution < 1.29 is 9.59 Å². The number of thiophene rings is 1. The molecule has 0 aliphatic carbocycles. The maximum Gasteiger partial charge on any atom is 0.177 e. The van der Waals surface area contributed by atoms with Crippen molar-refractivity contribution in [1.82, 2.24) is 9.78 Å². The summed E-state index contributed by atoms with van der Waals surface area (Å²) in [6.07, 6.45) is 6.35. The summed E-state index contributed by atoms with van der Waals surface area (Å²) in [6.45, 7) is 4.47. The van der Waals surface area contributed by atoms with Gasteiger partial charge in [-0.3, -0.25) is 9.59 Å². The molecule has 0 saturated carbocycles. The number of rotatable bonds is 9. The van der Waals surface area contributed by atoms with Crippen LogP contribution in [-0.2, 0) is 12.8 Å². The standard InChI is InChI=1S/C34H33N3O2S/c1-2-24-15-17-36(18-16-24)29-12-8-27(9-13-29)32(38)22-26-7-14-31-28(20-26)23-35-37(31)30-10-5-25(6-11-30)21-33(39)34-4-3-19-40-34/h3-14,19-20,23-24H,2,15-18,21-22H2,1H3. The molecule has 6 heteroatoms. The summed E-state index contributed by atoms with van der Waals surface area (Å²) in [5.74, 6) is 1.11. The van der Waals surface area contributed by atoms with Gasteiger partial charge in [-0.15, -0.1) is 11.3 Å². The number of piperidine rings is 1. The van der Waals surface area contributed by atoms with Gasteiger partial charge in [0, 0.05) is 42.6 Å². The van der Waals surface area contributed by atoms with Gasteiger partial charge >= 0.3 is 0 Å². The molecule has 0 spiro atoms. The van der Waals surface area contributed by atoms with E-state index in [1.165, 1.54) is 36.3 Å². The molecule has 5 nitrogen and oxygen atoms in total. The van der Waals surface area contributed by atoms with E-state index >= 15 is 0 Å². The van der Waals surface area contributed by atoms with E-state index in [0.717, 1.165) is 57.2 Å². The van der Waals surface area contributed by atoms with E-state index in [1.807, 2.05) is 76.9 Å². The van der Waals surface area contributed by atoms with Crippen LogP contribution < -0.4 is 4.90 Å². The number of carbonyl (C=O) groups is 2. The van der Waals surface area contributed by atoms with Gasteiger partial charge in [-0.05, 0) is 89.9 Å². The number of nitrogens with zero attached hydrogens (tertiary/aromatic N) is 3. The van der Waals surface area contributed by atoms with Crippen LogP contribution in [0.25, 0.3) is 16.6 Å². The molecule has 1 saturated heterocycles. The van der Waals surface area contributed by atoms with Crippen molar-refractivity contribution >= 4 is 39.5 Å². The largest absolute Gasteiger partial charge is 0.372 e. The number of Topliss-reactive ketones (excluding diaryl/α,β-unsaturated/α-hetero) is 2. The molecule has 5 aromatic rings. The van der Waals surface area contributed by atoms with Crippen molar-refractivity contribution in [3.8, 4) is 5.69 Å². The second-order valence-corrected chi connectivity index (χ2v) is 11.6. The first-order valence-corrected chi connectivity index (χ1v) is 15.0. The maximum atomic E-state index is 13.1. The summed E-state index contributed by atoms with van der Waals surface area (Å²) in [5, 5.41) is 7.52. The van der Waals surface area contributed by atoms with Crippen LogP contribution >= 0.6 is 11.3 Å². The highest BCUT2D eigenvalue weighted by molar-refractivity contribution is 7.12. The summed E-state index contributed by atoms with van der Waals surface area (Å²) < 4.78 is 1.90. The van der Waals surface area contributed by atoms with E-state index in [9.17, 15) is 9.59 Å². The van der Waals surface area contributed by atoms with E-state index in [0.29, 0.717) is 12.8 Å². The van der Waals surface area contributed by atoms with Gasteiger partial charge in [-0.25, -0.2) is 4.68 Å². The number of carbonyl (C=O) groups excluding carboxylic acids is 2. The molecular formula is C34H33N3O2S. The average molecular weight is 548 g/mol. The number of aromatic nitrogens is 2. The van der Waals surface area contributed by atoms with E-state index in [4.69, 9.17) is 0 Å². The monoisotopic (exact) mass is 547 g/mol. The van der Waals surface area contributed by atoms with Gasteiger partial charge in [0.2, 0.25) is 0 Å². The quantitative estimate of drug-likeness (QED) is 0.179. The first-order chi connectivity index (χ1) is 19.6. The molecule has 1 fully saturated rings. The Bertz CT molecular complexity index is 1610. The minimum absolute atomic E-state index is 0.121. The highest BCUT2D eigenvalue weighted by Crippen LogP contribution is 2.26. The summed E-state index contributed by atoms with van der Waals surface area (Å²) in [6, 6.07) is 26.0. The van der Waals surface area contributed by atoms with Crippen LogP contribution in [-0.4, -0.2) is 34.4 Å². The van der Waals surface area contributed by atoms with Crippen LogP contribution in [0.5, 0.6) is 0 Å². The molecule has 0 atom stereocenters. The van der Waals surface area contributed by atoms with Crippen molar-refractivity contribution in [2.75, 3.05) is 18.0 Å². The van der Waals surface area contributed by atoms with E-state index in [2.05, 4.69) is 35.1 Å². The average Bonchev–Trinajstić information content (AvgIpc) is 3.69. The minimum atomic E-state index is 0.121. The van der Waals surface area contributed by atoms with E-state index < -0.39 is 0 Å². The summed E-state index contributed by atoms with van der Waals surface area (Å²) in [4.78, 5) is 28.7. The Morgan fingerprint density at radius 1 is 0.850 bits per heavy atom. The van der Waals surface area contributed by atoms with Gasteiger partial charge in [-0.2, -0.15) is 5.10 Å². The molecule has 202 valence electrons. The van der Waals surface area contributed by atoms with Crippen LogP contribution in [0.2, 0.25) is 0 Å². The number of fused-ring (bicyclic) bond motifs is 1. The molecule has 1 aliphatic heterocycles. The van der Waals surface area contributed by atoms with Crippen molar-refractivity contribution in [3.05, 3.63) is 112 Å². The molecule has 3 aromatic carbocycles. The lowest BCUT2D eigenvalue weighted by Gasteiger charge is -2.33. The first kappa shape index (κ1) is 26.2. The predicted molar refractivity (Wildman–Crippen MR) is 163 cm³/mol. The fraction of sp³-hybridized carbons (Fsp3) is 0.265. The van der Waals surface area contributed by atoms with Crippen LogP contribution in [0.4, 0.5) is 5.69 Å². The molecule has 0 amide bonds. The summed E-state index contributed by atoms with van der Waals surface area (Å²) in [7, 11) is 0. The third-order valence-corrected chi connectivity index (χ3v) is 9.00. The number of benzene rings is 3. The molecule has 0 radical (unpaired) electrons. The van der Waals surface area contributed by atoms with Gasteiger partial charge in [0.05, 0.1) is 22.3 Å². The number of anilines is 1. The third-order valence-electron chi connectivity index (χ3n) is 8.08. The smallest absolute Gasteiger partial charge is 0.177 e. The zero-order chi connectivity index (χ0) is 27.5. The molecular weight excluding hydrogens is 514 g/mol. The minimum Gasteiger partial charge on any atom is -0.372 e. The van der Waals surface area contributed by atoms with Crippen molar-refractivity contribution in [2.45, 2.75) is 39.0 Å². The Hall–Kier alpha value is -4.03. The molecule has 0 bridgehead atoms. The second-order valence-electron chi connectivity index (χ2n) is 10.7. The molecule has 1 aliphatic rings. The van der Waals surface area contributed by atoms with Gasteiger partial charge in [0.25, 0.3) is 0 Å². The Morgan fingerprint density at radius 2 is 1.55 bits per heavy atom. The van der Waals surface area contributed by atoms with Crippen LogP contribution in [0.3, 0.4) is 0 Å². The highest BCUT2D eigenvalue weighted by atomic mass is 32.1. The lowest BCUT2D eigenvalue weighted by atomic mass is 9.94. The summed E-state index contributed by atoms with van der Waals surface area (Å²) in [5.41, 5.74) is 5.83. The normalized spacial score (nSPS) is 14.1. The van der Waals surface area contributed by atoms with Gasteiger partial charge in [-0.1, -0.05) is 37.6 Å². The lowest BCUT2D eigenvalue weighted by Crippen LogP contribution is -2.33. The fourth-order valence-electron chi connectivity index (χ4n) is 5.61. The summed E-state index contributed by atoms with van der Waals surface area (Å²) >= 11 is 1.48. The second kappa shape index (κ2) is 11.6. The molecule has 0 N–H and O–H groups in total. The lowest BCUT2D eigenvalue weighted by molar-refractivity contribution is 0.0986. The predicted octanol–water partition coefficient (Wildman–Crippen LogP) is 7.56. The highest BCUT2D eigenvalue weighted by Gasteiger charge is 2.18.